The summed E-state index contributed by atoms with van der Waals surface area (Å²) in [6, 6.07) is 21.5. The van der Waals surface area contributed by atoms with Crippen LogP contribution in [-0.4, -0.2) is 130 Å². The summed E-state index contributed by atoms with van der Waals surface area (Å²) >= 11 is 0. The minimum absolute atomic E-state index is 0.0744. The fraction of sp³-hybridized carbons (Fsp3) is 0.405. The second kappa shape index (κ2) is 14.9. The molecule has 4 aliphatic rings. The summed E-state index contributed by atoms with van der Waals surface area (Å²) in [7, 11) is 0. The number of nitrogens with one attached hydrogen (secondary N) is 2. The van der Waals surface area contributed by atoms with Crippen LogP contribution in [0.3, 0.4) is 0 Å². The first-order valence-electron chi connectivity index (χ1n) is 17.4. The standard InChI is InChI=1S/C37H45N9O4/c1-2-17-44-26-35(48)45-32(20-27-11-13-31(47)14-12-27)36(49)43(25-34(45)46(44)37(50)39-21-28-7-4-3-5-8-28)22-29-9-6-10-33(40-29)42-23-30(24-42)41-18-15-38-16-19-41/h2-14,30,32,34,38,47H,1,15-26H2,(H,39,50)/t32-,34-/m0/s1. The number of amides is 4. The lowest BCUT2D eigenvalue weighted by atomic mass is 9.98. The number of aromatic nitrogens is 1. The largest absolute Gasteiger partial charge is 0.508 e. The first kappa shape index (κ1) is 33.5. The minimum Gasteiger partial charge on any atom is -0.508 e. The summed E-state index contributed by atoms with van der Waals surface area (Å²) in [5, 5.41) is 19.6. The maximum atomic E-state index is 14.4. The van der Waals surface area contributed by atoms with Gasteiger partial charge in [0.25, 0.3) is 0 Å². The summed E-state index contributed by atoms with van der Waals surface area (Å²) in [5.41, 5.74) is 2.47. The number of benzene rings is 2. The van der Waals surface area contributed by atoms with Gasteiger partial charge in [-0.15, -0.1) is 6.58 Å². The molecule has 0 radical (unpaired) electrons. The smallest absolute Gasteiger partial charge is 0.334 e. The maximum Gasteiger partial charge on any atom is 0.334 e. The normalized spacial score (nSPS) is 21.9. The molecule has 3 aromatic rings. The van der Waals surface area contributed by atoms with E-state index in [4.69, 9.17) is 4.98 Å². The Kier molecular flexibility index (Phi) is 9.97. The van der Waals surface area contributed by atoms with Gasteiger partial charge < -0.3 is 30.4 Å². The van der Waals surface area contributed by atoms with Crippen molar-refractivity contribution in [1.82, 2.24) is 40.3 Å². The lowest BCUT2D eigenvalue weighted by Crippen LogP contribution is -2.76. The van der Waals surface area contributed by atoms with Crippen molar-refractivity contribution in [2.45, 2.75) is 37.8 Å². The number of rotatable bonds is 10. The molecule has 13 nitrogen and oxygen atoms in total. The zero-order chi connectivity index (χ0) is 34.6. The number of piperazine rings is 2. The quantitative estimate of drug-likeness (QED) is 0.274. The Morgan fingerprint density at radius 1 is 0.960 bits per heavy atom. The molecule has 1 aromatic heterocycles. The molecule has 13 heteroatoms. The van der Waals surface area contributed by atoms with Crippen molar-refractivity contribution in [3.05, 3.63) is 102 Å². The second-order valence-corrected chi connectivity index (χ2v) is 13.3. The molecule has 4 aliphatic heterocycles. The molecule has 4 amide bonds. The third-order valence-corrected chi connectivity index (χ3v) is 10.0. The summed E-state index contributed by atoms with van der Waals surface area (Å²) in [4.78, 5) is 55.4. The first-order valence-corrected chi connectivity index (χ1v) is 17.4. The predicted molar refractivity (Wildman–Crippen MR) is 189 cm³/mol. The van der Waals surface area contributed by atoms with Gasteiger partial charge in [-0.1, -0.05) is 54.6 Å². The molecule has 3 N–H and O–H groups in total. The number of anilines is 1. The van der Waals surface area contributed by atoms with Crippen molar-refractivity contribution < 1.29 is 19.5 Å². The van der Waals surface area contributed by atoms with Gasteiger partial charge in [0.05, 0.1) is 25.3 Å². The highest BCUT2D eigenvalue weighted by Gasteiger charge is 2.51. The van der Waals surface area contributed by atoms with Gasteiger partial charge in [0.1, 0.15) is 23.8 Å². The lowest BCUT2D eigenvalue weighted by molar-refractivity contribution is -0.189. The van der Waals surface area contributed by atoms with Crippen molar-refractivity contribution in [3.8, 4) is 5.75 Å². The van der Waals surface area contributed by atoms with Gasteiger partial charge in [0, 0.05) is 64.8 Å². The van der Waals surface area contributed by atoms with E-state index in [9.17, 15) is 19.5 Å². The van der Waals surface area contributed by atoms with Crippen molar-refractivity contribution in [2.24, 2.45) is 0 Å². The van der Waals surface area contributed by atoms with Gasteiger partial charge >= 0.3 is 6.03 Å². The number of phenolic OH excluding ortho intramolecular Hbond substituents is 1. The first-order chi connectivity index (χ1) is 24.4. The van der Waals surface area contributed by atoms with E-state index in [2.05, 4.69) is 27.0 Å². The van der Waals surface area contributed by atoms with E-state index >= 15 is 0 Å². The Morgan fingerprint density at radius 3 is 2.46 bits per heavy atom. The van der Waals surface area contributed by atoms with E-state index in [1.807, 2.05) is 48.5 Å². The van der Waals surface area contributed by atoms with Gasteiger partial charge in [-0.3, -0.25) is 14.5 Å². The molecule has 4 fully saturated rings. The molecular formula is C37H45N9O4. The lowest BCUT2D eigenvalue weighted by Gasteiger charge is -2.55. The maximum absolute atomic E-state index is 14.4. The van der Waals surface area contributed by atoms with Crippen LogP contribution < -0.4 is 15.5 Å². The molecular weight excluding hydrogens is 634 g/mol. The van der Waals surface area contributed by atoms with E-state index < -0.39 is 12.2 Å². The molecule has 2 aromatic carbocycles. The van der Waals surface area contributed by atoms with E-state index in [0.717, 1.165) is 61.9 Å². The van der Waals surface area contributed by atoms with Gasteiger partial charge in [-0.25, -0.2) is 19.8 Å². The summed E-state index contributed by atoms with van der Waals surface area (Å²) in [6.07, 6.45) is 1.14. The van der Waals surface area contributed by atoms with Crippen LogP contribution in [0.1, 0.15) is 16.8 Å². The fourth-order valence-electron chi connectivity index (χ4n) is 7.40. The van der Waals surface area contributed by atoms with Crippen LogP contribution in [0.4, 0.5) is 10.6 Å². The molecule has 0 unspecified atom stereocenters. The Hall–Kier alpha value is -4.98. The number of carbonyl (C=O) groups is 3. The topological polar surface area (TPSA) is 128 Å². The number of hydrogen-bond acceptors (Lipinski definition) is 9. The zero-order valence-corrected chi connectivity index (χ0v) is 28.2. The molecule has 0 bridgehead atoms. The molecule has 262 valence electrons. The molecule has 0 aliphatic carbocycles. The molecule has 0 spiro atoms. The van der Waals surface area contributed by atoms with Crippen molar-refractivity contribution >= 4 is 23.7 Å². The average Bonchev–Trinajstić information content (AvgIpc) is 3.10. The van der Waals surface area contributed by atoms with Crippen LogP contribution in [0.2, 0.25) is 0 Å². The summed E-state index contributed by atoms with van der Waals surface area (Å²) < 4.78 is 0. The third kappa shape index (κ3) is 7.16. The van der Waals surface area contributed by atoms with Crippen LogP contribution in [0, 0.1) is 0 Å². The highest BCUT2D eigenvalue weighted by molar-refractivity contribution is 5.91. The highest BCUT2D eigenvalue weighted by atomic mass is 16.3. The summed E-state index contributed by atoms with van der Waals surface area (Å²) in [6.45, 7) is 10.7. The monoisotopic (exact) mass is 679 g/mol. The number of urea groups is 1. The highest BCUT2D eigenvalue weighted by Crippen LogP contribution is 2.30. The van der Waals surface area contributed by atoms with Gasteiger partial charge in [0.2, 0.25) is 11.8 Å². The van der Waals surface area contributed by atoms with Crippen LogP contribution >= 0.6 is 0 Å². The van der Waals surface area contributed by atoms with Crippen molar-refractivity contribution in [2.75, 3.05) is 63.8 Å². The molecule has 4 saturated heterocycles. The number of hydrogen-bond donors (Lipinski definition) is 3. The number of fused-ring (bicyclic) bond motifs is 1. The number of hydrazine groups is 1. The van der Waals surface area contributed by atoms with Gasteiger partial charge in [-0.05, 0) is 35.4 Å². The van der Waals surface area contributed by atoms with Crippen LogP contribution in [0.15, 0.2) is 85.5 Å². The summed E-state index contributed by atoms with van der Waals surface area (Å²) in [5.74, 6) is 0.552. The molecule has 2 atom stereocenters. The number of pyridine rings is 1. The number of nitrogens with zero attached hydrogens (tertiary/aromatic N) is 7. The van der Waals surface area contributed by atoms with E-state index in [1.54, 1.807) is 50.2 Å². The van der Waals surface area contributed by atoms with Crippen molar-refractivity contribution in [1.29, 1.82) is 0 Å². The molecule has 0 saturated carbocycles. The Balaban J connectivity index is 1.15. The molecule has 7 rings (SSSR count). The number of aromatic hydroxyl groups is 1. The predicted octanol–water partition coefficient (Wildman–Crippen LogP) is 1.62. The van der Waals surface area contributed by atoms with Gasteiger partial charge in [-0.2, -0.15) is 0 Å². The van der Waals surface area contributed by atoms with E-state index in [-0.39, 0.29) is 56.2 Å². The minimum atomic E-state index is -0.862. The number of carbonyl (C=O) groups excluding carboxylic acids is 3. The van der Waals surface area contributed by atoms with Crippen LogP contribution in [-0.2, 0) is 29.1 Å². The Morgan fingerprint density at radius 2 is 1.72 bits per heavy atom. The number of phenols is 1. The van der Waals surface area contributed by atoms with Crippen LogP contribution in [0.25, 0.3) is 0 Å². The fourth-order valence-corrected chi connectivity index (χ4v) is 7.40. The van der Waals surface area contributed by atoms with Gasteiger partial charge in [0.15, 0.2) is 0 Å². The molecule has 5 heterocycles. The van der Waals surface area contributed by atoms with Crippen molar-refractivity contribution in [3.63, 3.8) is 0 Å². The van der Waals surface area contributed by atoms with E-state index in [0.29, 0.717) is 12.6 Å². The van der Waals surface area contributed by atoms with Crippen LogP contribution in [0.5, 0.6) is 5.75 Å². The van der Waals surface area contributed by atoms with E-state index in [1.165, 1.54) is 0 Å². The third-order valence-electron chi connectivity index (χ3n) is 10.0. The Labute approximate surface area is 292 Å². The Bertz CT molecular complexity index is 1680. The average molecular weight is 680 g/mol. The SMILES string of the molecule is C=CCN1CC(=O)N2[C@@H](Cc3ccc(O)cc3)C(=O)N(Cc3cccc(N4CC(N5CCNCC5)C4)n3)C[C@@H]2N1C(=O)NCc1ccccc1. The second-order valence-electron chi connectivity index (χ2n) is 13.3. The zero-order valence-electron chi connectivity index (χ0n) is 28.2. The molecule has 50 heavy (non-hydrogen) atoms.